The van der Waals surface area contributed by atoms with Crippen LogP contribution < -0.4 is 5.32 Å². The number of amides is 1. The number of carbonyl (C=O) groups excluding carboxylic acids is 1. The van der Waals surface area contributed by atoms with E-state index in [0.717, 1.165) is 43.0 Å². The fraction of sp³-hybridized carbons (Fsp3) is 0.464. The van der Waals surface area contributed by atoms with Crippen LogP contribution in [0.2, 0.25) is 0 Å². The molecule has 1 amide bonds. The van der Waals surface area contributed by atoms with Gasteiger partial charge in [0.15, 0.2) is 0 Å². The second-order valence-corrected chi connectivity index (χ2v) is 11.3. The van der Waals surface area contributed by atoms with Crippen LogP contribution in [0.3, 0.4) is 0 Å². The molecule has 0 aliphatic carbocycles. The second kappa shape index (κ2) is 11.9. The standard InChI is InChI=1S/C28H36N4O2S/c1-28(2,3)24-13-11-22(12-14-24)26-30-25(34-31-26)19-32-16-7-10-23(18-32)27(33)29-15-17-35-20-21-8-5-4-6-9-21/h4-6,8-9,11-14,23H,7,10,15-20H2,1-3H3,(H,29,33). The number of carbonyl (C=O) groups is 1. The van der Waals surface area contributed by atoms with Gasteiger partial charge in [-0.2, -0.15) is 16.7 Å². The maximum Gasteiger partial charge on any atom is 0.241 e. The Bertz CT molecular complexity index is 1080. The van der Waals surface area contributed by atoms with Gasteiger partial charge < -0.3 is 9.84 Å². The number of aromatic nitrogens is 2. The summed E-state index contributed by atoms with van der Waals surface area (Å²) in [4.78, 5) is 19.6. The Morgan fingerprint density at radius 1 is 1.14 bits per heavy atom. The Morgan fingerprint density at radius 3 is 2.66 bits per heavy atom. The highest BCUT2D eigenvalue weighted by molar-refractivity contribution is 7.98. The first-order valence-electron chi connectivity index (χ1n) is 12.4. The molecular formula is C28H36N4O2S. The number of rotatable bonds is 9. The minimum atomic E-state index is 0.00945. The van der Waals surface area contributed by atoms with E-state index in [1.807, 2.05) is 17.8 Å². The summed E-state index contributed by atoms with van der Waals surface area (Å²) in [6, 6.07) is 18.8. The molecule has 1 aliphatic rings. The number of hydrogen-bond donors (Lipinski definition) is 1. The van der Waals surface area contributed by atoms with Crippen molar-refractivity contribution in [2.75, 3.05) is 25.4 Å². The van der Waals surface area contributed by atoms with Crippen molar-refractivity contribution in [1.82, 2.24) is 20.4 Å². The maximum atomic E-state index is 12.7. The van der Waals surface area contributed by atoms with E-state index in [1.165, 1.54) is 11.1 Å². The third kappa shape index (κ3) is 7.42. The minimum absolute atomic E-state index is 0.00945. The molecule has 0 spiro atoms. The van der Waals surface area contributed by atoms with E-state index in [-0.39, 0.29) is 17.2 Å². The van der Waals surface area contributed by atoms with Crippen molar-refractivity contribution < 1.29 is 9.32 Å². The van der Waals surface area contributed by atoms with Crippen molar-refractivity contribution in [3.63, 3.8) is 0 Å². The normalized spacial score (nSPS) is 16.8. The Labute approximate surface area is 212 Å². The number of piperidine rings is 1. The van der Waals surface area contributed by atoms with Crippen molar-refractivity contribution in [1.29, 1.82) is 0 Å². The van der Waals surface area contributed by atoms with Crippen LogP contribution in [0.1, 0.15) is 50.6 Å². The van der Waals surface area contributed by atoms with E-state index in [0.29, 0.717) is 24.8 Å². The highest BCUT2D eigenvalue weighted by Gasteiger charge is 2.26. The molecule has 6 nitrogen and oxygen atoms in total. The lowest BCUT2D eigenvalue weighted by Gasteiger charge is -2.30. The lowest BCUT2D eigenvalue weighted by molar-refractivity contribution is -0.126. The predicted molar refractivity (Wildman–Crippen MR) is 142 cm³/mol. The molecular weight excluding hydrogens is 456 g/mol. The first kappa shape index (κ1) is 25.5. The molecule has 1 unspecified atom stereocenters. The molecule has 0 radical (unpaired) electrons. The van der Waals surface area contributed by atoms with E-state index in [1.54, 1.807) is 0 Å². The highest BCUT2D eigenvalue weighted by Crippen LogP contribution is 2.25. The molecule has 1 aliphatic heterocycles. The van der Waals surface area contributed by atoms with Crippen LogP contribution in [-0.4, -0.2) is 46.3 Å². The zero-order valence-corrected chi connectivity index (χ0v) is 21.8. The van der Waals surface area contributed by atoms with E-state index in [2.05, 4.69) is 89.7 Å². The van der Waals surface area contributed by atoms with Gasteiger partial charge in [0.2, 0.25) is 17.6 Å². The van der Waals surface area contributed by atoms with Crippen LogP contribution in [0.4, 0.5) is 0 Å². The molecule has 1 aromatic heterocycles. The molecule has 0 bridgehead atoms. The van der Waals surface area contributed by atoms with Gasteiger partial charge in [-0.3, -0.25) is 9.69 Å². The minimum Gasteiger partial charge on any atom is -0.355 e. The van der Waals surface area contributed by atoms with Gasteiger partial charge in [-0.15, -0.1) is 0 Å². The van der Waals surface area contributed by atoms with Crippen molar-refractivity contribution in [2.45, 2.75) is 51.3 Å². The summed E-state index contributed by atoms with van der Waals surface area (Å²) in [6.07, 6.45) is 1.92. The molecule has 1 saturated heterocycles. The van der Waals surface area contributed by atoms with Crippen molar-refractivity contribution in [2.24, 2.45) is 5.92 Å². The molecule has 2 aromatic carbocycles. The number of likely N-dealkylation sites (tertiary alicyclic amines) is 1. The van der Waals surface area contributed by atoms with Crippen LogP contribution in [0.5, 0.6) is 0 Å². The predicted octanol–water partition coefficient (Wildman–Crippen LogP) is 5.30. The van der Waals surface area contributed by atoms with Gasteiger partial charge in [0, 0.05) is 30.2 Å². The van der Waals surface area contributed by atoms with E-state index in [9.17, 15) is 4.79 Å². The SMILES string of the molecule is CC(C)(C)c1ccc(-c2noc(CN3CCCC(C(=O)NCCSCc4ccccc4)C3)n2)cc1. The van der Waals surface area contributed by atoms with E-state index >= 15 is 0 Å². The number of nitrogens with one attached hydrogen (secondary N) is 1. The first-order valence-corrected chi connectivity index (χ1v) is 13.6. The summed E-state index contributed by atoms with van der Waals surface area (Å²) in [5.41, 5.74) is 3.66. The van der Waals surface area contributed by atoms with Crippen LogP contribution >= 0.6 is 11.8 Å². The number of benzene rings is 2. The molecule has 1 N–H and O–H groups in total. The summed E-state index contributed by atoms with van der Waals surface area (Å²) in [7, 11) is 0. The molecule has 4 rings (SSSR count). The summed E-state index contributed by atoms with van der Waals surface area (Å²) in [5, 5.41) is 7.31. The van der Waals surface area contributed by atoms with Gasteiger partial charge in [-0.25, -0.2) is 0 Å². The zero-order chi connectivity index (χ0) is 24.7. The highest BCUT2D eigenvalue weighted by atomic mass is 32.2. The van der Waals surface area contributed by atoms with Crippen LogP contribution in [-0.2, 0) is 22.5 Å². The molecule has 7 heteroatoms. The largest absolute Gasteiger partial charge is 0.355 e. The van der Waals surface area contributed by atoms with Crippen molar-refractivity contribution >= 4 is 17.7 Å². The Morgan fingerprint density at radius 2 is 1.91 bits per heavy atom. The lowest BCUT2D eigenvalue weighted by atomic mass is 9.87. The molecule has 3 aromatic rings. The molecule has 2 heterocycles. The summed E-state index contributed by atoms with van der Waals surface area (Å²) in [6.45, 7) is 9.54. The van der Waals surface area contributed by atoms with Gasteiger partial charge in [0.25, 0.3) is 0 Å². The van der Waals surface area contributed by atoms with Crippen LogP contribution in [0, 0.1) is 5.92 Å². The zero-order valence-electron chi connectivity index (χ0n) is 21.0. The Balaban J connectivity index is 1.22. The third-order valence-electron chi connectivity index (χ3n) is 6.37. The molecule has 186 valence electrons. The fourth-order valence-corrected chi connectivity index (χ4v) is 5.13. The molecule has 35 heavy (non-hydrogen) atoms. The van der Waals surface area contributed by atoms with Gasteiger partial charge in [-0.05, 0) is 35.9 Å². The van der Waals surface area contributed by atoms with Crippen molar-refractivity contribution in [3.05, 3.63) is 71.6 Å². The van der Waals surface area contributed by atoms with Gasteiger partial charge in [0.05, 0.1) is 12.5 Å². The van der Waals surface area contributed by atoms with Gasteiger partial charge in [-0.1, -0.05) is 80.5 Å². The number of hydrogen-bond acceptors (Lipinski definition) is 6. The molecule has 1 fully saturated rings. The smallest absolute Gasteiger partial charge is 0.241 e. The average molecular weight is 493 g/mol. The first-order chi connectivity index (χ1) is 16.9. The molecule has 1 atom stereocenters. The third-order valence-corrected chi connectivity index (χ3v) is 7.40. The lowest BCUT2D eigenvalue weighted by Crippen LogP contribution is -2.43. The van der Waals surface area contributed by atoms with Gasteiger partial charge >= 0.3 is 0 Å². The van der Waals surface area contributed by atoms with Crippen LogP contribution in [0.15, 0.2) is 59.1 Å². The summed E-state index contributed by atoms with van der Waals surface area (Å²) >= 11 is 1.85. The monoisotopic (exact) mass is 492 g/mol. The van der Waals surface area contributed by atoms with Crippen molar-refractivity contribution in [3.8, 4) is 11.4 Å². The van der Waals surface area contributed by atoms with Crippen LogP contribution in [0.25, 0.3) is 11.4 Å². The maximum absolute atomic E-state index is 12.7. The van der Waals surface area contributed by atoms with E-state index in [4.69, 9.17) is 4.52 Å². The summed E-state index contributed by atoms with van der Waals surface area (Å²) in [5.74, 6) is 3.26. The molecule has 0 saturated carbocycles. The number of nitrogens with zero attached hydrogens (tertiary/aromatic N) is 3. The van der Waals surface area contributed by atoms with Gasteiger partial charge in [0.1, 0.15) is 0 Å². The Kier molecular flexibility index (Phi) is 8.63. The fourth-order valence-electron chi connectivity index (χ4n) is 4.32. The average Bonchev–Trinajstić information content (AvgIpc) is 3.32. The Hall–Kier alpha value is -2.64. The van der Waals surface area contributed by atoms with E-state index < -0.39 is 0 Å². The number of thioether (sulfide) groups is 1. The summed E-state index contributed by atoms with van der Waals surface area (Å²) < 4.78 is 5.54. The second-order valence-electron chi connectivity index (χ2n) is 10.2. The quantitative estimate of drug-likeness (QED) is 0.409. The topological polar surface area (TPSA) is 71.3 Å².